The summed E-state index contributed by atoms with van der Waals surface area (Å²) in [7, 11) is 0. The van der Waals surface area contributed by atoms with Crippen molar-refractivity contribution in [2.75, 3.05) is 4.90 Å². The number of hydrogen-bond acceptors (Lipinski definition) is 1. The first-order valence-electron chi connectivity index (χ1n) is 24.2. The Morgan fingerprint density at radius 2 is 0.984 bits per heavy atom. The number of rotatable bonds is 4. The van der Waals surface area contributed by atoms with Gasteiger partial charge < -0.3 is 9.47 Å². The van der Waals surface area contributed by atoms with E-state index in [1.54, 1.807) is 0 Å². The summed E-state index contributed by atoms with van der Waals surface area (Å²) < 4.78 is 40.0. The number of aromatic nitrogens is 1. The fourth-order valence-corrected chi connectivity index (χ4v) is 12.0. The molecule has 2 heteroatoms. The third-order valence-corrected chi connectivity index (χ3v) is 14.7. The summed E-state index contributed by atoms with van der Waals surface area (Å²) >= 11 is 0. The van der Waals surface area contributed by atoms with E-state index < -0.39 is 5.41 Å². The normalized spacial score (nSPS) is 16.7. The van der Waals surface area contributed by atoms with Crippen LogP contribution in [0.3, 0.4) is 0 Å². The standard InChI is InChI=1S/C62H42N2/c1-61(2)52-25-10-6-20-44(52)47-33-30-41(36-56(47)61)63(43-32-35-50-49-23-9-13-29-58(49)64(59(50)38-43)40-18-4-3-5-19-40)42-31-34-48-45-21-7-11-26-53(45)62(57(48)37-42)54-27-12-8-22-46(54)51-24-14-16-39-17-15-28-55(62)60(39)51/h3-38H,1-2H3/i7D,11D,21D,26D. The minimum Gasteiger partial charge on any atom is -0.310 e. The number of anilines is 3. The lowest BCUT2D eigenvalue weighted by Crippen LogP contribution is -2.32. The molecule has 0 N–H and O–H groups in total. The van der Waals surface area contributed by atoms with Crippen LogP contribution in [-0.2, 0) is 10.8 Å². The highest BCUT2D eigenvalue weighted by Gasteiger charge is 2.50. The molecule has 11 aromatic rings. The Morgan fingerprint density at radius 3 is 1.81 bits per heavy atom. The van der Waals surface area contributed by atoms with E-state index in [1.165, 1.54) is 27.6 Å². The second-order valence-corrected chi connectivity index (χ2v) is 18.1. The van der Waals surface area contributed by atoms with E-state index in [4.69, 9.17) is 1.37 Å². The SMILES string of the molecule is [2H]c1c([2H])c([2H])c2c(c1[2H])-c1ccc(N(c3ccc4c(c3)C(C)(C)c3ccccc3-4)c3ccc4c5ccccc5n(-c5ccccc5)c4c3)cc1C21c2ccccc2-c2cccc3cccc1c23. The monoisotopic (exact) mass is 818 g/mol. The van der Waals surface area contributed by atoms with Gasteiger partial charge in [0.25, 0.3) is 0 Å². The molecule has 300 valence electrons. The van der Waals surface area contributed by atoms with E-state index in [9.17, 15) is 4.11 Å². The van der Waals surface area contributed by atoms with E-state index in [0.29, 0.717) is 11.1 Å². The van der Waals surface area contributed by atoms with Crippen LogP contribution in [0.1, 0.15) is 52.7 Å². The number of benzene rings is 10. The van der Waals surface area contributed by atoms with Crippen molar-refractivity contribution in [1.29, 1.82) is 0 Å². The summed E-state index contributed by atoms with van der Waals surface area (Å²) in [6.07, 6.45) is 0. The summed E-state index contributed by atoms with van der Waals surface area (Å²) in [5.41, 5.74) is 17.1. The second kappa shape index (κ2) is 12.8. The number of para-hydroxylation sites is 2. The van der Waals surface area contributed by atoms with E-state index in [-0.39, 0.29) is 29.6 Å². The lowest BCUT2D eigenvalue weighted by Gasteiger charge is -2.40. The largest absolute Gasteiger partial charge is 0.310 e. The van der Waals surface area contributed by atoms with Crippen LogP contribution in [0.5, 0.6) is 0 Å². The number of nitrogens with zero attached hydrogens (tertiary/aromatic N) is 2. The topological polar surface area (TPSA) is 8.17 Å². The quantitative estimate of drug-likeness (QED) is 0.172. The summed E-state index contributed by atoms with van der Waals surface area (Å²) in [6.45, 7) is 4.65. The van der Waals surface area contributed by atoms with Gasteiger partial charge >= 0.3 is 0 Å². The molecule has 0 bridgehead atoms. The van der Waals surface area contributed by atoms with Gasteiger partial charge in [-0.2, -0.15) is 0 Å². The lowest BCUT2D eigenvalue weighted by molar-refractivity contribution is 0.660. The molecule has 0 aliphatic heterocycles. The van der Waals surface area contributed by atoms with Crippen molar-refractivity contribution in [3.63, 3.8) is 0 Å². The van der Waals surface area contributed by atoms with E-state index in [2.05, 4.69) is 217 Å². The molecule has 0 amide bonds. The summed E-state index contributed by atoms with van der Waals surface area (Å²) in [4.78, 5) is 2.38. The molecule has 10 aromatic carbocycles. The van der Waals surface area contributed by atoms with Gasteiger partial charge in [0.05, 0.1) is 21.9 Å². The van der Waals surface area contributed by atoms with Gasteiger partial charge in [-0.3, -0.25) is 0 Å². The van der Waals surface area contributed by atoms with Crippen LogP contribution in [0.4, 0.5) is 17.1 Å². The molecule has 1 spiro atoms. The average Bonchev–Trinajstić information content (AvgIpc) is 3.95. The van der Waals surface area contributed by atoms with Gasteiger partial charge in [0, 0.05) is 38.9 Å². The highest BCUT2D eigenvalue weighted by atomic mass is 15.1. The minimum atomic E-state index is -1.07. The second-order valence-electron chi connectivity index (χ2n) is 18.1. The highest BCUT2D eigenvalue weighted by molar-refractivity contribution is 6.11. The maximum absolute atomic E-state index is 9.85. The molecule has 64 heavy (non-hydrogen) atoms. The van der Waals surface area contributed by atoms with Crippen LogP contribution in [0.25, 0.3) is 71.6 Å². The molecule has 1 atom stereocenters. The molecular formula is C62H42N2. The molecule has 2 nitrogen and oxygen atoms in total. The molecule has 1 aromatic heterocycles. The molecule has 0 fully saturated rings. The van der Waals surface area contributed by atoms with Crippen LogP contribution >= 0.6 is 0 Å². The number of hydrogen-bond donors (Lipinski definition) is 0. The van der Waals surface area contributed by atoms with Crippen molar-refractivity contribution in [1.82, 2.24) is 4.57 Å². The van der Waals surface area contributed by atoms with Gasteiger partial charge in [-0.1, -0.05) is 178 Å². The zero-order valence-corrected chi connectivity index (χ0v) is 35.4. The molecular weight excluding hydrogens is 773 g/mol. The van der Waals surface area contributed by atoms with Crippen molar-refractivity contribution in [2.24, 2.45) is 0 Å². The Morgan fingerprint density at radius 1 is 0.406 bits per heavy atom. The van der Waals surface area contributed by atoms with Crippen LogP contribution in [0.2, 0.25) is 0 Å². The third-order valence-electron chi connectivity index (χ3n) is 14.7. The van der Waals surface area contributed by atoms with E-state index >= 15 is 0 Å². The van der Waals surface area contributed by atoms with Crippen LogP contribution < -0.4 is 4.90 Å². The summed E-state index contributed by atoms with van der Waals surface area (Å²) in [6, 6.07) is 69.1. The van der Waals surface area contributed by atoms with Gasteiger partial charge in [-0.15, -0.1) is 0 Å². The molecule has 0 saturated carbocycles. The van der Waals surface area contributed by atoms with Crippen molar-refractivity contribution in [3.05, 3.63) is 252 Å². The van der Waals surface area contributed by atoms with Gasteiger partial charge in [-0.05, 0) is 132 Å². The Labute approximate surface area is 378 Å². The maximum Gasteiger partial charge on any atom is 0.0726 e. The zero-order valence-electron chi connectivity index (χ0n) is 39.4. The van der Waals surface area contributed by atoms with Gasteiger partial charge in [-0.25, -0.2) is 0 Å². The fraction of sp³-hybridized carbons (Fsp3) is 0.0645. The zero-order chi connectivity index (χ0) is 45.8. The predicted octanol–water partition coefficient (Wildman–Crippen LogP) is 16.1. The summed E-state index contributed by atoms with van der Waals surface area (Å²) in [5, 5.41) is 4.54. The maximum atomic E-state index is 9.85. The Kier molecular flexibility index (Phi) is 6.37. The molecule has 0 radical (unpaired) electrons. The first-order valence-corrected chi connectivity index (χ1v) is 22.2. The first-order chi connectivity index (χ1) is 33.2. The Bertz CT molecular complexity index is 4010. The molecule has 1 heterocycles. The first kappa shape index (κ1) is 31.8. The van der Waals surface area contributed by atoms with E-state index in [1.807, 2.05) is 0 Å². The molecule has 14 rings (SSSR count). The molecule has 0 saturated heterocycles. The van der Waals surface area contributed by atoms with Crippen LogP contribution in [-0.4, -0.2) is 4.57 Å². The Hall–Kier alpha value is -7.94. The van der Waals surface area contributed by atoms with Crippen molar-refractivity contribution < 1.29 is 5.48 Å². The third kappa shape index (κ3) is 4.54. The van der Waals surface area contributed by atoms with Gasteiger partial charge in [0.1, 0.15) is 0 Å². The van der Waals surface area contributed by atoms with Crippen molar-refractivity contribution in [3.8, 4) is 39.1 Å². The predicted molar refractivity (Wildman–Crippen MR) is 267 cm³/mol. The Balaban J connectivity index is 1.09. The minimum absolute atomic E-state index is 0.0126. The number of fused-ring (bicyclic) bond motifs is 15. The van der Waals surface area contributed by atoms with E-state index in [0.717, 1.165) is 83.3 Å². The van der Waals surface area contributed by atoms with Crippen molar-refractivity contribution >= 4 is 49.6 Å². The smallest absolute Gasteiger partial charge is 0.0726 e. The average molecular weight is 819 g/mol. The molecule has 3 aliphatic carbocycles. The van der Waals surface area contributed by atoms with Crippen molar-refractivity contribution in [2.45, 2.75) is 24.7 Å². The molecule has 1 unspecified atom stereocenters. The summed E-state index contributed by atoms with van der Waals surface area (Å²) in [5.74, 6) is 0. The highest BCUT2D eigenvalue weighted by Crippen LogP contribution is 2.62. The molecule has 3 aliphatic rings. The van der Waals surface area contributed by atoms with Crippen LogP contribution in [0, 0.1) is 0 Å². The fourth-order valence-electron chi connectivity index (χ4n) is 12.0. The van der Waals surface area contributed by atoms with Gasteiger partial charge in [0.15, 0.2) is 0 Å². The van der Waals surface area contributed by atoms with Crippen LogP contribution in [0.15, 0.2) is 218 Å². The lowest BCUT2D eigenvalue weighted by atomic mass is 9.61. The van der Waals surface area contributed by atoms with Gasteiger partial charge in [0.2, 0.25) is 0 Å².